The molecule has 0 aliphatic heterocycles. The van der Waals surface area contributed by atoms with Gasteiger partial charge < -0.3 is 5.11 Å². The molecule has 1 heteroatoms. The summed E-state index contributed by atoms with van der Waals surface area (Å²) in [5.41, 5.74) is 0.244. The zero-order chi connectivity index (χ0) is 8.91. The van der Waals surface area contributed by atoms with Crippen LogP contribution in [-0.2, 0) is 0 Å². The minimum absolute atomic E-state index is 0.159. The van der Waals surface area contributed by atoms with E-state index in [4.69, 9.17) is 0 Å². The summed E-state index contributed by atoms with van der Waals surface area (Å²) in [6.07, 6.45) is 5.68. The molecule has 0 aromatic rings. The molecule has 0 saturated carbocycles. The highest BCUT2D eigenvalue weighted by Gasteiger charge is 2.03. The van der Waals surface area contributed by atoms with E-state index >= 15 is 0 Å². The number of rotatable bonds is 3. The summed E-state index contributed by atoms with van der Waals surface area (Å²) < 4.78 is 0. The Morgan fingerprint density at radius 1 is 1.36 bits per heavy atom. The predicted octanol–water partition coefficient (Wildman–Crippen LogP) is 2.75. The van der Waals surface area contributed by atoms with E-state index in [1.54, 1.807) is 0 Å². The summed E-state index contributed by atoms with van der Waals surface area (Å²) in [5.74, 6) is 0. The second-order valence-electron chi connectivity index (χ2n) is 4.07. The van der Waals surface area contributed by atoms with Crippen molar-refractivity contribution < 1.29 is 5.11 Å². The number of aliphatic hydroxyl groups excluding tert-OH is 1. The molecular weight excluding hydrogens is 136 g/mol. The molecule has 0 heterocycles. The van der Waals surface area contributed by atoms with E-state index in [0.717, 1.165) is 12.8 Å². The zero-order valence-corrected chi connectivity index (χ0v) is 8.09. The third-order valence-electron chi connectivity index (χ3n) is 1.50. The summed E-state index contributed by atoms with van der Waals surface area (Å²) in [5, 5.41) is 9.20. The average molecular weight is 156 g/mol. The van der Waals surface area contributed by atoms with Crippen LogP contribution in [0.2, 0.25) is 0 Å². The predicted molar refractivity (Wildman–Crippen MR) is 49.5 cm³/mol. The molecule has 0 amide bonds. The fourth-order valence-corrected chi connectivity index (χ4v) is 0.745. The smallest absolute Gasteiger partial charge is 0.0572 e. The molecule has 0 rings (SSSR count). The van der Waals surface area contributed by atoms with Crippen LogP contribution >= 0.6 is 0 Å². The van der Waals surface area contributed by atoms with Gasteiger partial charge in [-0.15, -0.1) is 0 Å². The van der Waals surface area contributed by atoms with E-state index in [2.05, 4.69) is 32.9 Å². The molecule has 0 fully saturated rings. The van der Waals surface area contributed by atoms with Gasteiger partial charge in [-0.1, -0.05) is 39.8 Å². The molecule has 0 bridgehead atoms. The van der Waals surface area contributed by atoms with Crippen molar-refractivity contribution in [2.24, 2.45) is 5.41 Å². The lowest BCUT2D eigenvalue weighted by molar-refractivity contribution is 0.173. The summed E-state index contributed by atoms with van der Waals surface area (Å²) in [4.78, 5) is 0. The van der Waals surface area contributed by atoms with Gasteiger partial charge in [0.15, 0.2) is 0 Å². The van der Waals surface area contributed by atoms with Crippen molar-refractivity contribution in [3.8, 4) is 0 Å². The van der Waals surface area contributed by atoms with Crippen LogP contribution in [0.15, 0.2) is 12.2 Å². The Bertz CT molecular complexity index is 119. The Hall–Kier alpha value is -0.300. The number of hydrogen-bond acceptors (Lipinski definition) is 1. The van der Waals surface area contributed by atoms with Gasteiger partial charge in [0.1, 0.15) is 0 Å². The highest BCUT2D eigenvalue weighted by atomic mass is 16.3. The van der Waals surface area contributed by atoms with Crippen LogP contribution in [0.3, 0.4) is 0 Å². The maximum absolute atomic E-state index is 9.20. The van der Waals surface area contributed by atoms with Gasteiger partial charge >= 0.3 is 0 Å². The molecule has 1 atom stereocenters. The minimum Gasteiger partial charge on any atom is -0.393 e. The standard InChI is InChI=1S/C10H20O/c1-5-9(11)7-6-8-10(2,3)4/h6,8-9,11H,5,7H2,1-4H3. The summed E-state index contributed by atoms with van der Waals surface area (Å²) >= 11 is 0. The van der Waals surface area contributed by atoms with Crippen molar-refractivity contribution in [2.75, 3.05) is 0 Å². The van der Waals surface area contributed by atoms with Gasteiger partial charge in [0.05, 0.1) is 6.10 Å². The molecule has 0 saturated heterocycles. The van der Waals surface area contributed by atoms with E-state index in [1.165, 1.54) is 0 Å². The maximum Gasteiger partial charge on any atom is 0.0572 e. The maximum atomic E-state index is 9.20. The first-order valence-electron chi connectivity index (χ1n) is 4.31. The van der Waals surface area contributed by atoms with Crippen LogP contribution in [-0.4, -0.2) is 11.2 Å². The van der Waals surface area contributed by atoms with Crippen LogP contribution in [0.1, 0.15) is 40.5 Å². The molecule has 1 nitrogen and oxygen atoms in total. The van der Waals surface area contributed by atoms with Gasteiger partial charge in [-0.25, -0.2) is 0 Å². The fourth-order valence-electron chi connectivity index (χ4n) is 0.745. The molecular formula is C10H20O. The molecule has 0 aliphatic rings. The second kappa shape index (κ2) is 4.55. The van der Waals surface area contributed by atoms with E-state index in [1.807, 2.05) is 6.92 Å². The quantitative estimate of drug-likeness (QED) is 0.623. The number of allylic oxidation sites excluding steroid dienone is 1. The molecule has 0 aromatic carbocycles. The van der Waals surface area contributed by atoms with E-state index in [0.29, 0.717) is 0 Å². The van der Waals surface area contributed by atoms with E-state index in [9.17, 15) is 5.11 Å². The topological polar surface area (TPSA) is 20.2 Å². The number of hydrogen-bond donors (Lipinski definition) is 1. The molecule has 0 aromatic heterocycles. The van der Waals surface area contributed by atoms with Gasteiger partial charge in [0.2, 0.25) is 0 Å². The molecule has 0 spiro atoms. The van der Waals surface area contributed by atoms with Crippen molar-refractivity contribution in [3.63, 3.8) is 0 Å². The first-order chi connectivity index (χ1) is 4.95. The highest BCUT2D eigenvalue weighted by molar-refractivity contribution is 4.92. The van der Waals surface area contributed by atoms with Gasteiger partial charge in [-0.3, -0.25) is 0 Å². The lowest BCUT2D eigenvalue weighted by atomic mass is 9.95. The molecule has 11 heavy (non-hydrogen) atoms. The van der Waals surface area contributed by atoms with Crippen LogP contribution < -0.4 is 0 Å². The lowest BCUT2D eigenvalue weighted by Gasteiger charge is -2.11. The van der Waals surface area contributed by atoms with Crippen LogP contribution in [0, 0.1) is 5.41 Å². The van der Waals surface area contributed by atoms with Gasteiger partial charge in [0.25, 0.3) is 0 Å². The van der Waals surface area contributed by atoms with Crippen molar-refractivity contribution in [1.29, 1.82) is 0 Å². The molecule has 0 radical (unpaired) electrons. The Kier molecular flexibility index (Phi) is 4.43. The molecule has 1 N–H and O–H groups in total. The van der Waals surface area contributed by atoms with Crippen molar-refractivity contribution in [3.05, 3.63) is 12.2 Å². The third-order valence-corrected chi connectivity index (χ3v) is 1.50. The van der Waals surface area contributed by atoms with Gasteiger partial charge in [-0.2, -0.15) is 0 Å². The monoisotopic (exact) mass is 156 g/mol. The van der Waals surface area contributed by atoms with Crippen molar-refractivity contribution >= 4 is 0 Å². The number of aliphatic hydroxyl groups is 1. The first kappa shape index (κ1) is 10.7. The summed E-state index contributed by atoms with van der Waals surface area (Å²) in [6.45, 7) is 8.46. The Morgan fingerprint density at radius 2 is 1.91 bits per heavy atom. The van der Waals surface area contributed by atoms with Crippen molar-refractivity contribution in [1.82, 2.24) is 0 Å². The van der Waals surface area contributed by atoms with E-state index in [-0.39, 0.29) is 11.5 Å². The Labute approximate surface area is 70.1 Å². The summed E-state index contributed by atoms with van der Waals surface area (Å²) in [7, 11) is 0. The highest BCUT2D eigenvalue weighted by Crippen LogP contribution is 2.15. The Morgan fingerprint density at radius 3 is 2.27 bits per heavy atom. The molecule has 0 aliphatic carbocycles. The van der Waals surface area contributed by atoms with Crippen LogP contribution in [0.25, 0.3) is 0 Å². The fraction of sp³-hybridized carbons (Fsp3) is 0.800. The van der Waals surface area contributed by atoms with Gasteiger partial charge in [0, 0.05) is 0 Å². The lowest BCUT2D eigenvalue weighted by Crippen LogP contribution is -2.03. The SMILES string of the molecule is CCC(O)CC=CC(C)(C)C. The van der Waals surface area contributed by atoms with Crippen molar-refractivity contribution in [2.45, 2.75) is 46.6 Å². The van der Waals surface area contributed by atoms with Crippen LogP contribution in [0.5, 0.6) is 0 Å². The first-order valence-corrected chi connectivity index (χ1v) is 4.31. The average Bonchev–Trinajstić information content (AvgIpc) is 1.85. The molecule has 66 valence electrons. The normalized spacial score (nSPS) is 15.7. The third kappa shape index (κ3) is 7.60. The second-order valence-corrected chi connectivity index (χ2v) is 4.07. The van der Waals surface area contributed by atoms with Gasteiger partial charge in [-0.05, 0) is 18.3 Å². The zero-order valence-electron chi connectivity index (χ0n) is 8.09. The van der Waals surface area contributed by atoms with E-state index < -0.39 is 0 Å². The Balaban J connectivity index is 3.61. The molecule has 1 unspecified atom stereocenters. The summed E-state index contributed by atoms with van der Waals surface area (Å²) in [6, 6.07) is 0. The largest absolute Gasteiger partial charge is 0.393 e. The minimum atomic E-state index is -0.159. The van der Waals surface area contributed by atoms with Crippen LogP contribution in [0.4, 0.5) is 0 Å².